The lowest BCUT2D eigenvalue weighted by atomic mass is 10.1. The Hall–Kier alpha value is -3.43. The Bertz CT molecular complexity index is 1290. The maximum Gasteiger partial charge on any atom is 0.141 e. The molecule has 0 spiro atoms. The monoisotopic (exact) mass is 406 g/mol. The van der Waals surface area contributed by atoms with Crippen LogP contribution in [-0.2, 0) is 6.54 Å². The average Bonchev–Trinajstić information content (AvgIpc) is 3.44. The van der Waals surface area contributed by atoms with Crippen LogP contribution in [0, 0.1) is 0 Å². The van der Waals surface area contributed by atoms with Crippen LogP contribution in [0.25, 0.3) is 38.9 Å². The summed E-state index contributed by atoms with van der Waals surface area (Å²) in [6, 6.07) is 30.1. The third kappa shape index (κ3) is 3.60. The highest BCUT2D eigenvalue weighted by molar-refractivity contribution is 7.13. The van der Waals surface area contributed by atoms with Crippen LogP contribution >= 0.6 is 11.3 Å². The molecule has 2 nitrogen and oxygen atoms in total. The Kier molecular flexibility index (Phi) is 5.04. The van der Waals surface area contributed by atoms with Crippen LogP contribution in [0.4, 0.5) is 0 Å². The third-order valence-electron chi connectivity index (χ3n) is 5.28. The zero-order valence-corrected chi connectivity index (χ0v) is 17.6. The first-order valence-electron chi connectivity index (χ1n) is 10.1. The number of imidazole rings is 1. The summed E-state index contributed by atoms with van der Waals surface area (Å²) in [7, 11) is 0. The van der Waals surface area contributed by atoms with Crippen LogP contribution in [0.1, 0.15) is 18.1 Å². The van der Waals surface area contributed by atoms with Crippen molar-refractivity contribution in [1.29, 1.82) is 0 Å². The predicted octanol–water partition coefficient (Wildman–Crippen LogP) is 7.51. The summed E-state index contributed by atoms with van der Waals surface area (Å²) in [5.74, 6) is 1.01. The maximum atomic E-state index is 4.97. The molecule has 0 aliphatic rings. The molecule has 0 N–H and O–H groups in total. The van der Waals surface area contributed by atoms with Gasteiger partial charge in [0.1, 0.15) is 5.82 Å². The van der Waals surface area contributed by atoms with Crippen molar-refractivity contribution in [2.45, 2.75) is 13.5 Å². The highest BCUT2D eigenvalue weighted by Crippen LogP contribution is 2.30. The maximum absolute atomic E-state index is 4.97. The second-order valence-corrected chi connectivity index (χ2v) is 8.25. The number of fused-ring (bicyclic) bond motifs is 1. The Labute approximate surface area is 180 Å². The number of allylic oxidation sites excluding steroid dienone is 1. The van der Waals surface area contributed by atoms with Crippen LogP contribution in [0.15, 0.2) is 96.4 Å². The SMILES string of the molecule is C/C=C/c1ccc(Cn2c(-c3ccc(-c4cccs4)cc3)nc3ccccc32)cc1. The van der Waals surface area contributed by atoms with Gasteiger partial charge in [-0.25, -0.2) is 4.98 Å². The molecule has 30 heavy (non-hydrogen) atoms. The number of para-hydroxylation sites is 2. The molecule has 5 aromatic rings. The molecule has 3 heteroatoms. The van der Waals surface area contributed by atoms with Gasteiger partial charge in [0.25, 0.3) is 0 Å². The van der Waals surface area contributed by atoms with Gasteiger partial charge in [0.2, 0.25) is 0 Å². The Morgan fingerprint density at radius 3 is 2.33 bits per heavy atom. The highest BCUT2D eigenvalue weighted by Gasteiger charge is 2.13. The normalized spacial score (nSPS) is 11.5. The molecule has 0 bridgehead atoms. The first-order valence-corrected chi connectivity index (χ1v) is 11.0. The molecule has 146 valence electrons. The van der Waals surface area contributed by atoms with Crippen molar-refractivity contribution in [3.63, 3.8) is 0 Å². The Morgan fingerprint density at radius 2 is 1.60 bits per heavy atom. The van der Waals surface area contributed by atoms with Crippen LogP contribution in [0.2, 0.25) is 0 Å². The summed E-state index contributed by atoms with van der Waals surface area (Å²) in [6.45, 7) is 2.83. The van der Waals surface area contributed by atoms with E-state index in [1.165, 1.54) is 21.6 Å². The summed E-state index contributed by atoms with van der Waals surface area (Å²) in [5.41, 5.74) is 7.06. The van der Waals surface area contributed by atoms with E-state index in [0.717, 1.165) is 29.0 Å². The molecule has 0 radical (unpaired) electrons. The fraction of sp³-hybridized carbons (Fsp3) is 0.0741. The molecule has 0 saturated carbocycles. The van der Waals surface area contributed by atoms with Gasteiger partial charge >= 0.3 is 0 Å². The van der Waals surface area contributed by atoms with E-state index in [2.05, 4.69) is 107 Å². The molecule has 0 aliphatic carbocycles. The van der Waals surface area contributed by atoms with Crippen molar-refractivity contribution in [2.24, 2.45) is 0 Å². The molecule has 5 rings (SSSR count). The summed E-state index contributed by atoms with van der Waals surface area (Å²) < 4.78 is 2.32. The quantitative estimate of drug-likeness (QED) is 0.295. The minimum Gasteiger partial charge on any atom is -0.319 e. The van der Waals surface area contributed by atoms with Crippen LogP contribution in [0.3, 0.4) is 0 Å². The molecule has 0 atom stereocenters. The summed E-state index contributed by atoms with van der Waals surface area (Å²) in [4.78, 5) is 6.26. The predicted molar refractivity (Wildman–Crippen MR) is 129 cm³/mol. The van der Waals surface area contributed by atoms with Crippen LogP contribution in [-0.4, -0.2) is 9.55 Å². The minimum absolute atomic E-state index is 0.790. The molecule has 0 saturated heterocycles. The first kappa shape index (κ1) is 18.6. The second-order valence-electron chi connectivity index (χ2n) is 7.31. The van der Waals surface area contributed by atoms with Crippen molar-refractivity contribution >= 4 is 28.4 Å². The van der Waals surface area contributed by atoms with Crippen molar-refractivity contribution in [2.75, 3.05) is 0 Å². The molecule has 0 amide bonds. The van der Waals surface area contributed by atoms with Gasteiger partial charge in [0, 0.05) is 17.0 Å². The number of hydrogen-bond acceptors (Lipinski definition) is 2. The first-order chi connectivity index (χ1) is 14.8. The van der Waals surface area contributed by atoms with Gasteiger partial charge in [-0.15, -0.1) is 11.3 Å². The molecule has 0 unspecified atom stereocenters. The van der Waals surface area contributed by atoms with Gasteiger partial charge in [0.05, 0.1) is 11.0 Å². The summed E-state index contributed by atoms with van der Waals surface area (Å²) >= 11 is 1.77. The van der Waals surface area contributed by atoms with Crippen molar-refractivity contribution in [3.05, 3.63) is 108 Å². The van der Waals surface area contributed by atoms with E-state index < -0.39 is 0 Å². The number of thiophene rings is 1. The van der Waals surface area contributed by atoms with E-state index >= 15 is 0 Å². The molecule has 3 aromatic carbocycles. The number of benzene rings is 3. The smallest absolute Gasteiger partial charge is 0.141 e. The van der Waals surface area contributed by atoms with Gasteiger partial charge in [-0.2, -0.15) is 0 Å². The van der Waals surface area contributed by atoms with E-state index in [1.807, 2.05) is 6.92 Å². The lowest BCUT2D eigenvalue weighted by molar-refractivity contribution is 0.834. The summed E-state index contributed by atoms with van der Waals surface area (Å²) in [5, 5.41) is 2.12. The molecular weight excluding hydrogens is 384 g/mol. The highest BCUT2D eigenvalue weighted by atomic mass is 32.1. The molecule has 0 fully saturated rings. The van der Waals surface area contributed by atoms with E-state index in [9.17, 15) is 0 Å². The third-order valence-corrected chi connectivity index (χ3v) is 6.20. The average molecular weight is 407 g/mol. The van der Waals surface area contributed by atoms with Crippen molar-refractivity contribution < 1.29 is 0 Å². The van der Waals surface area contributed by atoms with Gasteiger partial charge < -0.3 is 4.57 Å². The second kappa shape index (κ2) is 8.13. The number of hydrogen-bond donors (Lipinski definition) is 0. The lowest BCUT2D eigenvalue weighted by Gasteiger charge is -2.11. The van der Waals surface area contributed by atoms with Gasteiger partial charge in [-0.3, -0.25) is 0 Å². The number of nitrogens with zero attached hydrogens (tertiary/aromatic N) is 2. The Morgan fingerprint density at radius 1 is 0.833 bits per heavy atom. The summed E-state index contributed by atoms with van der Waals surface area (Å²) in [6.07, 6.45) is 4.19. The lowest BCUT2D eigenvalue weighted by Crippen LogP contribution is -2.02. The van der Waals surface area contributed by atoms with Crippen LogP contribution < -0.4 is 0 Å². The van der Waals surface area contributed by atoms with E-state index in [0.29, 0.717) is 0 Å². The van der Waals surface area contributed by atoms with Gasteiger partial charge in [-0.05, 0) is 47.2 Å². The molecule has 2 aromatic heterocycles. The fourth-order valence-corrected chi connectivity index (χ4v) is 4.52. The van der Waals surface area contributed by atoms with E-state index in [1.54, 1.807) is 11.3 Å². The van der Waals surface area contributed by atoms with Gasteiger partial charge in [0.15, 0.2) is 0 Å². The largest absolute Gasteiger partial charge is 0.319 e. The van der Waals surface area contributed by atoms with Crippen LogP contribution in [0.5, 0.6) is 0 Å². The molecule has 0 aliphatic heterocycles. The molecule has 2 heterocycles. The van der Waals surface area contributed by atoms with E-state index in [-0.39, 0.29) is 0 Å². The van der Waals surface area contributed by atoms with Crippen molar-refractivity contribution in [3.8, 4) is 21.8 Å². The standard InChI is InChI=1S/C27H22N2S/c1-2-6-20-10-12-21(13-11-20)19-29-25-8-4-3-7-24(25)28-27(29)23-16-14-22(15-17-23)26-9-5-18-30-26/h2-18H,19H2,1H3/b6-2+. The topological polar surface area (TPSA) is 17.8 Å². The number of aromatic nitrogens is 2. The number of rotatable bonds is 5. The zero-order chi connectivity index (χ0) is 20.3. The van der Waals surface area contributed by atoms with E-state index in [4.69, 9.17) is 4.98 Å². The minimum atomic E-state index is 0.790. The molecular formula is C27H22N2S. The fourth-order valence-electron chi connectivity index (χ4n) is 3.79. The zero-order valence-electron chi connectivity index (χ0n) is 16.8. The van der Waals surface area contributed by atoms with Crippen molar-refractivity contribution in [1.82, 2.24) is 9.55 Å². The van der Waals surface area contributed by atoms with Gasteiger partial charge in [-0.1, -0.05) is 78.9 Å². The Balaban J connectivity index is 1.55.